The second kappa shape index (κ2) is 7.96. The van der Waals surface area contributed by atoms with Crippen molar-refractivity contribution in [2.24, 2.45) is 5.92 Å². The van der Waals surface area contributed by atoms with Gasteiger partial charge in [0.1, 0.15) is 6.54 Å². The van der Waals surface area contributed by atoms with Gasteiger partial charge in [-0.2, -0.15) is 0 Å². The zero-order valence-electron chi connectivity index (χ0n) is 16.1. The van der Waals surface area contributed by atoms with Crippen LogP contribution in [0.15, 0.2) is 48.5 Å². The Labute approximate surface area is 156 Å². The van der Waals surface area contributed by atoms with Crippen LogP contribution < -0.4 is 0 Å². The fourth-order valence-corrected chi connectivity index (χ4v) is 3.74. The quantitative estimate of drug-likeness (QED) is 0.313. The molecule has 1 amide bonds. The molecule has 0 aliphatic carbocycles. The van der Waals surface area contributed by atoms with Crippen molar-refractivity contribution in [3.63, 3.8) is 0 Å². The van der Waals surface area contributed by atoms with Gasteiger partial charge in [-0.15, -0.1) is 0 Å². The molecule has 1 aromatic heterocycles. The topological polar surface area (TPSA) is 30.0 Å². The SMILES string of the molecule is CC[N+](C=O)(CCCC(C)C)Cc1c2ccccc2nc2ccccc12. The summed E-state index contributed by atoms with van der Waals surface area (Å²) in [5, 5.41) is 2.32. The predicted octanol–water partition coefficient (Wildman–Crippen LogP) is 5.32. The molecule has 2 aromatic carbocycles. The molecule has 0 aliphatic heterocycles. The van der Waals surface area contributed by atoms with Crippen molar-refractivity contribution in [3.05, 3.63) is 54.1 Å². The van der Waals surface area contributed by atoms with E-state index in [1.54, 1.807) is 0 Å². The van der Waals surface area contributed by atoms with Crippen LogP contribution in [-0.2, 0) is 11.3 Å². The number of hydrogen-bond donors (Lipinski definition) is 0. The minimum Gasteiger partial charge on any atom is -0.260 e. The van der Waals surface area contributed by atoms with Gasteiger partial charge in [-0.3, -0.25) is 4.48 Å². The van der Waals surface area contributed by atoms with E-state index in [0.717, 1.165) is 60.7 Å². The molecular formula is C23H29N2O+. The molecule has 0 bridgehead atoms. The van der Waals surface area contributed by atoms with Crippen molar-refractivity contribution in [1.29, 1.82) is 0 Å². The van der Waals surface area contributed by atoms with Gasteiger partial charge in [-0.1, -0.05) is 50.2 Å². The van der Waals surface area contributed by atoms with E-state index in [0.29, 0.717) is 10.4 Å². The number of amides is 1. The summed E-state index contributed by atoms with van der Waals surface area (Å²) >= 11 is 0. The summed E-state index contributed by atoms with van der Waals surface area (Å²) in [5.41, 5.74) is 3.25. The molecular weight excluding hydrogens is 320 g/mol. The van der Waals surface area contributed by atoms with Gasteiger partial charge in [-0.05, 0) is 37.8 Å². The number of para-hydroxylation sites is 2. The third-order valence-electron chi connectivity index (χ3n) is 5.41. The number of quaternary nitrogens is 1. The highest BCUT2D eigenvalue weighted by molar-refractivity contribution is 5.97. The molecule has 0 saturated heterocycles. The van der Waals surface area contributed by atoms with Gasteiger partial charge in [0.15, 0.2) is 0 Å². The Kier molecular flexibility index (Phi) is 5.67. The Bertz CT molecular complexity index is 849. The van der Waals surface area contributed by atoms with E-state index in [1.807, 2.05) is 12.1 Å². The molecule has 1 unspecified atom stereocenters. The number of nitrogens with zero attached hydrogens (tertiary/aromatic N) is 2. The van der Waals surface area contributed by atoms with Crippen LogP contribution in [0.3, 0.4) is 0 Å². The van der Waals surface area contributed by atoms with E-state index in [9.17, 15) is 4.79 Å². The van der Waals surface area contributed by atoms with E-state index in [-0.39, 0.29) is 0 Å². The number of benzene rings is 2. The number of carbonyl (C=O) groups excluding carboxylic acids is 1. The first-order valence-electron chi connectivity index (χ1n) is 9.67. The summed E-state index contributed by atoms with van der Waals surface area (Å²) in [7, 11) is 0. The fourth-order valence-electron chi connectivity index (χ4n) is 3.74. The number of rotatable bonds is 8. The molecule has 0 aliphatic rings. The summed E-state index contributed by atoms with van der Waals surface area (Å²) < 4.78 is 0.477. The second-order valence-corrected chi connectivity index (χ2v) is 7.68. The highest BCUT2D eigenvalue weighted by atomic mass is 16.1. The molecule has 0 N–H and O–H groups in total. The Morgan fingerprint density at radius 3 is 2.08 bits per heavy atom. The fraction of sp³-hybridized carbons (Fsp3) is 0.391. The number of hydrogen-bond acceptors (Lipinski definition) is 2. The number of aromatic nitrogens is 1. The zero-order chi connectivity index (χ0) is 18.6. The van der Waals surface area contributed by atoms with Gasteiger partial charge in [0.05, 0.1) is 24.1 Å². The first-order valence-corrected chi connectivity index (χ1v) is 9.67. The van der Waals surface area contributed by atoms with Crippen LogP contribution in [0.4, 0.5) is 0 Å². The lowest BCUT2D eigenvalue weighted by atomic mass is 10.0. The lowest BCUT2D eigenvalue weighted by Crippen LogP contribution is -2.46. The van der Waals surface area contributed by atoms with E-state index in [1.165, 1.54) is 5.56 Å². The van der Waals surface area contributed by atoms with Gasteiger partial charge in [-0.25, -0.2) is 9.78 Å². The van der Waals surface area contributed by atoms with Crippen molar-refractivity contribution in [2.75, 3.05) is 13.1 Å². The molecule has 3 aromatic rings. The average molecular weight is 349 g/mol. The van der Waals surface area contributed by atoms with E-state index >= 15 is 0 Å². The average Bonchev–Trinajstić information content (AvgIpc) is 2.66. The molecule has 3 rings (SSSR count). The van der Waals surface area contributed by atoms with Crippen LogP contribution in [0.1, 0.15) is 39.2 Å². The van der Waals surface area contributed by atoms with Crippen molar-refractivity contribution in [3.8, 4) is 0 Å². The van der Waals surface area contributed by atoms with E-state index in [2.05, 4.69) is 57.2 Å². The first kappa shape index (κ1) is 18.5. The van der Waals surface area contributed by atoms with Crippen LogP contribution >= 0.6 is 0 Å². The molecule has 3 nitrogen and oxygen atoms in total. The number of fused-ring (bicyclic) bond motifs is 2. The van der Waals surface area contributed by atoms with Crippen molar-refractivity contribution < 1.29 is 9.28 Å². The summed E-state index contributed by atoms with van der Waals surface area (Å²) in [5.74, 6) is 0.669. The molecule has 26 heavy (non-hydrogen) atoms. The molecule has 136 valence electrons. The standard InChI is InChI=1S/C23H29N2O/c1-4-25(17-26,15-9-10-18(2)3)16-21-19-11-5-7-13-22(19)24-23-14-8-6-12-20(21)23/h5-8,11-14,17-18H,4,9-10,15-16H2,1-3H3/q+1. The Hall–Kier alpha value is -2.26. The van der Waals surface area contributed by atoms with Crippen LogP contribution in [0, 0.1) is 5.92 Å². The maximum Gasteiger partial charge on any atom is 0.301 e. The molecule has 0 spiro atoms. The summed E-state index contributed by atoms with van der Waals surface area (Å²) in [6.45, 7) is 9.03. The Morgan fingerprint density at radius 2 is 1.58 bits per heavy atom. The maximum absolute atomic E-state index is 12.2. The van der Waals surface area contributed by atoms with Crippen LogP contribution in [0.25, 0.3) is 21.8 Å². The highest BCUT2D eigenvalue weighted by Crippen LogP contribution is 2.29. The molecule has 0 saturated carbocycles. The van der Waals surface area contributed by atoms with Crippen LogP contribution in [0.5, 0.6) is 0 Å². The first-order chi connectivity index (χ1) is 12.6. The van der Waals surface area contributed by atoms with Crippen molar-refractivity contribution in [2.45, 2.75) is 40.2 Å². The van der Waals surface area contributed by atoms with Crippen LogP contribution in [0.2, 0.25) is 0 Å². The normalized spacial score (nSPS) is 14.0. The lowest BCUT2D eigenvalue weighted by Gasteiger charge is -2.32. The molecule has 0 fully saturated rings. The van der Waals surface area contributed by atoms with E-state index in [4.69, 9.17) is 4.98 Å². The second-order valence-electron chi connectivity index (χ2n) is 7.68. The predicted molar refractivity (Wildman–Crippen MR) is 109 cm³/mol. The largest absolute Gasteiger partial charge is 0.301 e. The minimum atomic E-state index is 0.477. The molecule has 0 radical (unpaired) electrons. The Balaban J connectivity index is 2.07. The van der Waals surface area contributed by atoms with Gasteiger partial charge in [0.2, 0.25) is 0 Å². The van der Waals surface area contributed by atoms with E-state index < -0.39 is 0 Å². The summed E-state index contributed by atoms with van der Waals surface area (Å²) in [6.07, 6.45) is 3.39. The lowest BCUT2D eigenvalue weighted by molar-refractivity contribution is -0.857. The monoisotopic (exact) mass is 349 g/mol. The Morgan fingerprint density at radius 1 is 1.00 bits per heavy atom. The molecule has 1 heterocycles. The van der Waals surface area contributed by atoms with Crippen molar-refractivity contribution >= 4 is 28.2 Å². The van der Waals surface area contributed by atoms with Gasteiger partial charge in [0, 0.05) is 16.3 Å². The maximum atomic E-state index is 12.2. The summed E-state index contributed by atoms with van der Waals surface area (Å²) in [6, 6.07) is 16.6. The summed E-state index contributed by atoms with van der Waals surface area (Å²) in [4.78, 5) is 17.0. The number of carbonyl (C=O) groups is 1. The van der Waals surface area contributed by atoms with Gasteiger partial charge in [0.25, 0.3) is 0 Å². The third kappa shape index (κ3) is 3.78. The third-order valence-corrected chi connectivity index (χ3v) is 5.41. The molecule has 3 heteroatoms. The zero-order valence-corrected chi connectivity index (χ0v) is 16.1. The van der Waals surface area contributed by atoms with Crippen molar-refractivity contribution in [1.82, 2.24) is 4.98 Å². The van der Waals surface area contributed by atoms with Gasteiger partial charge >= 0.3 is 6.41 Å². The number of pyridine rings is 1. The smallest absolute Gasteiger partial charge is 0.260 e. The minimum absolute atomic E-state index is 0.477. The molecule has 1 atom stereocenters. The van der Waals surface area contributed by atoms with Gasteiger partial charge < -0.3 is 0 Å². The van der Waals surface area contributed by atoms with Crippen LogP contribution in [-0.4, -0.2) is 29.0 Å². The highest BCUT2D eigenvalue weighted by Gasteiger charge is 2.27.